The van der Waals surface area contributed by atoms with Crippen LogP contribution in [0.1, 0.15) is 61.4 Å². The van der Waals surface area contributed by atoms with E-state index in [-0.39, 0.29) is 24.6 Å². The summed E-state index contributed by atoms with van der Waals surface area (Å²) in [5.41, 5.74) is 0.533. The fraction of sp³-hybridized carbons (Fsp3) is 0.522. The fourth-order valence-electron chi connectivity index (χ4n) is 4.83. The van der Waals surface area contributed by atoms with Crippen molar-refractivity contribution in [3.05, 3.63) is 47.4 Å². The quantitative estimate of drug-likeness (QED) is 0.520. The molecular weight excluding hydrogens is 459 g/mol. The minimum absolute atomic E-state index is 0.0279. The van der Waals surface area contributed by atoms with Crippen molar-refractivity contribution in [2.24, 2.45) is 7.05 Å². The van der Waals surface area contributed by atoms with Gasteiger partial charge in [-0.15, -0.1) is 10.2 Å². The van der Waals surface area contributed by atoms with E-state index < -0.39 is 11.6 Å². The minimum Gasteiger partial charge on any atom is -0.381 e. The van der Waals surface area contributed by atoms with E-state index in [0.717, 1.165) is 17.1 Å². The van der Waals surface area contributed by atoms with Crippen molar-refractivity contribution in [1.82, 2.24) is 39.8 Å². The van der Waals surface area contributed by atoms with Crippen molar-refractivity contribution in [1.29, 1.82) is 0 Å². The van der Waals surface area contributed by atoms with Gasteiger partial charge in [0, 0.05) is 38.3 Å². The van der Waals surface area contributed by atoms with E-state index in [9.17, 15) is 13.2 Å². The molecule has 9 nitrogen and oxygen atoms in total. The number of hydrogen-bond donors (Lipinski definition) is 2. The molecule has 0 amide bonds. The number of aryl methyl sites for hydroxylation is 2. The molecule has 1 unspecified atom stereocenters. The lowest BCUT2D eigenvalue weighted by molar-refractivity contribution is -0.216. The molecule has 2 aliphatic rings. The zero-order valence-corrected chi connectivity index (χ0v) is 19.9. The Labute approximate surface area is 200 Å². The lowest BCUT2D eigenvalue weighted by atomic mass is 9.67. The molecule has 1 atom stereocenters. The largest absolute Gasteiger partial charge is 0.401 e. The standard InChI is InChI=1S/C23H28F3N9/c1-4-10-35-19(32-33-20(35)22(7-5-8-22)23(24,25)26)16-11-15(13-27-16)18-14(2)12-28-21(31-18)30-17-6-9-29-34(17)3/h6,9,11-12,15,27H,4-5,7-8,10,13H2,1-3H3,(H,28,30,31). The summed E-state index contributed by atoms with van der Waals surface area (Å²) in [4.78, 5) is 9.09. The van der Waals surface area contributed by atoms with Crippen molar-refractivity contribution >= 4 is 17.5 Å². The van der Waals surface area contributed by atoms with E-state index in [1.807, 2.05) is 33.0 Å². The third-order valence-electron chi connectivity index (χ3n) is 6.92. The molecule has 12 heteroatoms. The average Bonchev–Trinajstić information content (AvgIpc) is 3.50. The molecule has 1 aliphatic carbocycles. The molecule has 1 saturated carbocycles. The number of hydrogen-bond acceptors (Lipinski definition) is 7. The maximum Gasteiger partial charge on any atom is 0.401 e. The topological polar surface area (TPSA) is 98.4 Å². The summed E-state index contributed by atoms with van der Waals surface area (Å²) in [6.07, 6.45) is 2.39. The van der Waals surface area contributed by atoms with Crippen LogP contribution in [0.5, 0.6) is 0 Å². The van der Waals surface area contributed by atoms with Crippen molar-refractivity contribution in [3.63, 3.8) is 0 Å². The second-order valence-electron chi connectivity index (χ2n) is 9.23. The molecule has 0 saturated heterocycles. The number of aromatic nitrogens is 7. The van der Waals surface area contributed by atoms with E-state index >= 15 is 0 Å². The molecule has 0 bridgehead atoms. The van der Waals surface area contributed by atoms with Gasteiger partial charge in [0.05, 0.1) is 17.6 Å². The van der Waals surface area contributed by atoms with Crippen molar-refractivity contribution in [2.45, 2.75) is 63.6 Å². The Bertz CT molecular complexity index is 1250. The highest BCUT2D eigenvalue weighted by atomic mass is 19.4. The maximum absolute atomic E-state index is 14.0. The van der Waals surface area contributed by atoms with E-state index in [1.165, 1.54) is 0 Å². The Hall–Kier alpha value is -3.44. The summed E-state index contributed by atoms with van der Waals surface area (Å²) in [5.74, 6) is 1.59. The molecule has 2 N–H and O–H groups in total. The van der Waals surface area contributed by atoms with Gasteiger partial charge in [-0.2, -0.15) is 18.3 Å². The van der Waals surface area contributed by atoms with Gasteiger partial charge in [-0.1, -0.05) is 13.3 Å². The SMILES string of the molecule is CCCn1c(C2=CC(c3nc(Nc4ccnn4C)ncc3C)CN2)nnc1C1(C(F)(F)F)CCC1. The molecule has 3 aromatic rings. The van der Waals surface area contributed by atoms with Gasteiger partial charge in [-0.25, -0.2) is 9.97 Å². The average molecular weight is 488 g/mol. The van der Waals surface area contributed by atoms with Crippen LogP contribution in [-0.4, -0.2) is 47.2 Å². The minimum atomic E-state index is -4.35. The van der Waals surface area contributed by atoms with Crippen molar-refractivity contribution in [2.75, 3.05) is 11.9 Å². The van der Waals surface area contributed by atoms with Crippen LogP contribution < -0.4 is 10.6 Å². The first-order chi connectivity index (χ1) is 16.7. The zero-order valence-electron chi connectivity index (χ0n) is 19.9. The van der Waals surface area contributed by atoms with Crippen molar-refractivity contribution in [3.8, 4) is 0 Å². The number of anilines is 2. The maximum atomic E-state index is 14.0. The molecular formula is C23H28F3N9. The number of rotatable bonds is 7. The first-order valence-electron chi connectivity index (χ1n) is 11.8. The van der Waals surface area contributed by atoms with Gasteiger partial charge in [-0.3, -0.25) is 4.68 Å². The van der Waals surface area contributed by atoms with Crippen LogP contribution in [0.25, 0.3) is 5.70 Å². The molecule has 0 aromatic carbocycles. The molecule has 35 heavy (non-hydrogen) atoms. The van der Waals surface area contributed by atoms with Crippen LogP contribution in [0, 0.1) is 6.92 Å². The molecule has 1 fully saturated rings. The van der Waals surface area contributed by atoms with Crippen LogP contribution in [0.15, 0.2) is 24.5 Å². The highest BCUT2D eigenvalue weighted by molar-refractivity contribution is 5.63. The van der Waals surface area contributed by atoms with E-state index in [4.69, 9.17) is 4.98 Å². The molecule has 3 aromatic heterocycles. The van der Waals surface area contributed by atoms with Crippen LogP contribution in [0.3, 0.4) is 0 Å². The molecule has 0 spiro atoms. The van der Waals surface area contributed by atoms with Gasteiger partial charge in [0.15, 0.2) is 5.82 Å². The Kier molecular flexibility index (Phi) is 5.76. The normalized spacial score (nSPS) is 19.3. The third kappa shape index (κ3) is 3.94. The summed E-state index contributed by atoms with van der Waals surface area (Å²) in [6.45, 7) is 4.85. The fourth-order valence-corrected chi connectivity index (χ4v) is 4.83. The predicted molar refractivity (Wildman–Crippen MR) is 124 cm³/mol. The molecule has 5 rings (SSSR count). The number of alkyl halides is 3. The molecule has 1 aliphatic heterocycles. The number of nitrogens with zero attached hydrogens (tertiary/aromatic N) is 7. The van der Waals surface area contributed by atoms with Gasteiger partial charge in [0.1, 0.15) is 17.1 Å². The molecule has 186 valence electrons. The first-order valence-corrected chi connectivity index (χ1v) is 11.8. The number of halogens is 3. The smallest absolute Gasteiger partial charge is 0.381 e. The second kappa shape index (κ2) is 8.65. The lowest BCUT2D eigenvalue weighted by Crippen LogP contribution is -2.50. The van der Waals surface area contributed by atoms with Gasteiger partial charge in [0.25, 0.3) is 0 Å². The van der Waals surface area contributed by atoms with Gasteiger partial charge in [0.2, 0.25) is 5.95 Å². The monoisotopic (exact) mass is 487 g/mol. The highest BCUT2D eigenvalue weighted by Crippen LogP contribution is 2.54. The Balaban J connectivity index is 1.46. The lowest BCUT2D eigenvalue weighted by Gasteiger charge is -2.42. The Morgan fingerprint density at radius 3 is 2.69 bits per heavy atom. The summed E-state index contributed by atoms with van der Waals surface area (Å²) in [7, 11) is 1.82. The van der Waals surface area contributed by atoms with Crippen LogP contribution >= 0.6 is 0 Å². The van der Waals surface area contributed by atoms with Crippen LogP contribution in [-0.2, 0) is 19.0 Å². The molecule has 4 heterocycles. The van der Waals surface area contributed by atoms with Gasteiger partial charge < -0.3 is 15.2 Å². The second-order valence-corrected chi connectivity index (χ2v) is 9.23. The van der Waals surface area contributed by atoms with Crippen LogP contribution in [0.2, 0.25) is 0 Å². The Morgan fingerprint density at radius 1 is 1.26 bits per heavy atom. The van der Waals surface area contributed by atoms with E-state index in [1.54, 1.807) is 21.6 Å². The summed E-state index contributed by atoms with van der Waals surface area (Å²) in [6, 6.07) is 1.83. The molecule has 0 radical (unpaired) electrons. The highest BCUT2D eigenvalue weighted by Gasteiger charge is 2.62. The van der Waals surface area contributed by atoms with Gasteiger partial charge >= 0.3 is 6.18 Å². The van der Waals surface area contributed by atoms with E-state index in [2.05, 4.69) is 30.9 Å². The summed E-state index contributed by atoms with van der Waals surface area (Å²) < 4.78 is 45.4. The van der Waals surface area contributed by atoms with Crippen molar-refractivity contribution < 1.29 is 13.2 Å². The summed E-state index contributed by atoms with van der Waals surface area (Å²) >= 11 is 0. The first kappa shape index (κ1) is 23.3. The summed E-state index contributed by atoms with van der Waals surface area (Å²) in [5, 5.41) is 18.9. The predicted octanol–water partition coefficient (Wildman–Crippen LogP) is 3.98. The third-order valence-corrected chi connectivity index (χ3v) is 6.92. The number of nitrogens with one attached hydrogen (secondary N) is 2. The van der Waals surface area contributed by atoms with E-state index in [0.29, 0.717) is 43.4 Å². The zero-order chi connectivity index (χ0) is 24.8. The van der Waals surface area contributed by atoms with Crippen LogP contribution in [0.4, 0.5) is 24.9 Å². The van der Waals surface area contributed by atoms with Gasteiger partial charge in [-0.05, 0) is 37.8 Å². The Morgan fingerprint density at radius 2 is 2.06 bits per heavy atom.